The third kappa shape index (κ3) is 3.28. The van der Waals surface area contributed by atoms with Crippen molar-refractivity contribution in [3.8, 4) is 11.5 Å². The van der Waals surface area contributed by atoms with Crippen molar-refractivity contribution in [3.05, 3.63) is 42.2 Å². The molecule has 1 aliphatic rings. The minimum absolute atomic E-state index is 0.106. The molecular formula is C16H19N3O3. The van der Waals surface area contributed by atoms with Crippen LogP contribution in [0, 0.1) is 5.92 Å². The topological polar surface area (TPSA) is 76.4 Å². The van der Waals surface area contributed by atoms with Crippen molar-refractivity contribution in [2.75, 3.05) is 13.1 Å². The first-order chi connectivity index (χ1) is 10.7. The molecule has 1 unspecified atom stereocenters. The normalized spacial score (nSPS) is 18.1. The van der Waals surface area contributed by atoms with Crippen LogP contribution in [0.5, 0.6) is 11.5 Å². The molecule has 0 spiro atoms. The smallest absolute Gasteiger partial charge is 0.358 e. The molecule has 2 aromatic rings. The Kier molecular flexibility index (Phi) is 4.39. The number of hydrogen-bond acceptors (Lipinski definition) is 4. The lowest BCUT2D eigenvalue weighted by Gasteiger charge is -2.22. The van der Waals surface area contributed by atoms with Gasteiger partial charge >= 0.3 is 5.97 Å². The van der Waals surface area contributed by atoms with Gasteiger partial charge in [0.1, 0.15) is 5.75 Å². The first-order valence-corrected chi connectivity index (χ1v) is 7.47. The van der Waals surface area contributed by atoms with Gasteiger partial charge in [-0.3, -0.25) is 4.68 Å². The summed E-state index contributed by atoms with van der Waals surface area (Å²) in [5.41, 5.74) is 0.106. The van der Waals surface area contributed by atoms with Crippen LogP contribution in [0.3, 0.4) is 0 Å². The average Bonchev–Trinajstić information content (AvgIpc) is 2.92. The van der Waals surface area contributed by atoms with Crippen LogP contribution in [-0.2, 0) is 6.54 Å². The van der Waals surface area contributed by atoms with E-state index in [2.05, 4.69) is 10.4 Å². The Morgan fingerprint density at radius 3 is 2.91 bits per heavy atom. The zero-order valence-electron chi connectivity index (χ0n) is 12.2. The Morgan fingerprint density at radius 1 is 1.41 bits per heavy atom. The second-order valence-electron chi connectivity index (χ2n) is 5.47. The van der Waals surface area contributed by atoms with E-state index in [0.29, 0.717) is 18.2 Å². The highest BCUT2D eigenvalue weighted by Crippen LogP contribution is 2.26. The SMILES string of the molecule is O=C(O)c1c(Oc2ccccc2)cnn1CC1CCCNC1. The summed E-state index contributed by atoms with van der Waals surface area (Å²) in [6.07, 6.45) is 3.68. The molecular weight excluding hydrogens is 282 g/mol. The van der Waals surface area contributed by atoms with E-state index in [1.165, 1.54) is 10.9 Å². The van der Waals surface area contributed by atoms with Crippen molar-refractivity contribution in [1.82, 2.24) is 15.1 Å². The Morgan fingerprint density at radius 2 is 2.23 bits per heavy atom. The number of hydrogen-bond donors (Lipinski definition) is 2. The van der Waals surface area contributed by atoms with E-state index < -0.39 is 5.97 Å². The average molecular weight is 301 g/mol. The van der Waals surface area contributed by atoms with Gasteiger partial charge in [-0.2, -0.15) is 5.10 Å². The van der Waals surface area contributed by atoms with Crippen molar-refractivity contribution >= 4 is 5.97 Å². The number of carboxylic acids is 1. The fourth-order valence-corrected chi connectivity index (χ4v) is 2.74. The molecule has 1 aromatic heterocycles. The van der Waals surface area contributed by atoms with E-state index in [0.717, 1.165) is 25.9 Å². The number of aromatic nitrogens is 2. The van der Waals surface area contributed by atoms with E-state index in [4.69, 9.17) is 4.74 Å². The van der Waals surface area contributed by atoms with Crippen LogP contribution < -0.4 is 10.1 Å². The molecule has 1 aromatic carbocycles. The van der Waals surface area contributed by atoms with Crippen LogP contribution in [0.25, 0.3) is 0 Å². The molecule has 0 saturated carbocycles. The van der Waals surface area contributed by atoms with Gasteiger partial charge in [0.15, 0.2) is 11.4 Å². The van der Waals surface area contributed by atoms with Gasteiger partial charge in [-0.05, 0) is 44.0 Å². The minimum Gasteiger partial charge on any atom is -0.476 e. The summed E-state index contributed by atoms with van der Waals surface area (Å²) in [6.45, 7) is 2.52. The summed E-state index contributed by atoms with van der Waals surface area (Å²) < 4.78 is 7.20. The zero-order chi connectivity index (χ0) is 15.4. The van der Waals surface area contributed by atoms with Crippen molar-refractivity contribution < 1.29 is 14.6 Å². The quantitative estimate of drug-likeness (QED) is 0.886. The summed E-state index contributed by atoms with van der Waals surface area (Å²) in [6, 6.07) is 9.13. The summed E-state index contributed by atoms with van der Waals surface area (Å²) >= 11 is 0. The number of benzene rings is 1. The highest BCUT2D eigenvalue weighted by atomic mass is 16.5. The summed E-state index contributed by atoms with van der Waals surface area (Å²) in [5.74, 6) is 0.259. The summed E-state index contributed by atoms with van der Waals surface area (Å²) in [7, 11) is 0. The van der Waals surface area contributed by atoms with Crippen molar-refractivity contribution in [1.29, 1.82) is 0 Å². The Hall–Kier alpha value is -2.34. The van der Waals surface area contributed by atoms with Gasteiger partial charge in [-0.25, -0.2) is 4.79 Å². The number of ether oxygens (including phenoxy) is 1. The fraction of sp³-hybridized carbons (Fsp3) is 0.375. The third-order valence-corrected chi connectivity index (χ3v) is 3.81. The maximum atomic E-state index is 11.6. The molecule has 22 heavy (non-hydrogen) atoms. The lowest BCUT2D eigenvalue weighted by molar-refractivity contribution is 0.0678. The van der Waals surface area contributed by atoms with E-state index in [-0.39, 0.29) is 11.4 Å². The monoisotopic (exact) mass is 301 g/mol. The number of rotatable bonds is 5. The molecule has 1 saturated heterocycles. The van der Waals surface area contributed by atoms with Crippen LogP contribution >= 0.6 is 0 Å². The molecule has 0 aliphatic carbocycles. The van der Waals surface area contributed by atoms with Crippen molar-refractivity contribution in [2.24, 2.45) is 5.92 Å². The molecule has 1 atom stereocenters. The first kappa shape index (κ1) is 14.6. The maximum absolute atomic E-state index is 11.6. The zero-order valence-corrected chi connectivity index (χ0v) is 12.2. The number of aromatic carboxylic acids is 1. The summed E-state index contributed by atoms with van der Waals surface area (Å²) in [4.78, 5) is 11.6. The lowest BCUT2D eigenvalue weighted by atomic mass is 10.00. The molecule has 116 valence electrons. The van der Waals surface area contributed by atoms with E-state index in [1.54, 1.807) is 12.1 Å². The highest BCUT2D eigenvalue weighted by Gasteiger charge is 2.23. The molecule has 6 heteroatoms. The van der Waals surface area contributed by atoms with Gasteiger partial charge in [-0.15, -0.1) is 0 Å². The molecule has 2 heterocycles. The molecule has 0 amide bonds. The van der Waals surface area contributed by atoms with Crippen LogP contribution in [-0.4, -0.2) is 33.9 Å². The van der Waals surface area contributed by atoms with Gasteiger partial charge < -0.3 is 15.2 Å². The predicted octanol–water partition coefficient (Wildman–Crippen LogP) is 2.37. The largest absolute Gasteiger partial charge is 0.476 e. The molecule has 3 rings (SSSR count). The lowest BCUT2D eigenvalue weighted by Crippen LogP contribution is -2.33. The van der Waals surface area contributed by atoms with Gasteiger partial charge in [0.25, 0.3) is 0 Å². The predicted molar refractivity (Wildman–Crippen MR) is 81.3 cm³/mol. The number of para-hydroxylation sites is 1. The minimum atomic E-state index is -1.02. The highest BCUT2D eigenvalue weighted by molar-refractivity contribution is 5.88. The van der Waals surface area contributed by atoms with E-state index in [9.17, 15) is 9.90 Å². The van der Waals surface area contributed by atoms with Crippen LogP contribution in [0.1, 0.15) is 23.3 Å². The number of nitrogens with zero attached hydrogens (tertiary/aromatic N) is 2. The standard InChI is InChI=1S/C16H19N3O3/c20-16(21)15-14(22-13-6-2-1-3-7-13)10-18-19(15)11-12-5-4-8-17-9-12/h1-3,6-7,10,12,17H,4-5,8-9,11H2,(H,20,21). The molecule has 2 N–H and O–H groups in total. The second-order valence-corrected chi connectivity index (χ2v) is 5.47. The molecule has 6 nitrogen and oxygen atoms in total. The number of nitrogens with one attached hydrogen (secondary N) is 1. The number of piperidine rings is 1. The van der Waals surface area contributed by atoms with Gasteiger partial charge in [-0.1, -0.05) is 18.2 Å². The number of carboxylic acid groups (broad SMARTS) is 1. The van der Waals surface area contributed by atoms with Crippen molar-refractivity contribution in [3.63, 3.8) is 0 Å². The van der Waals surface area contributed by atoms with Gasteiger partial charge in [0.05, 0.1) is 6.20 Å². The fourth-order valence-electron chi connectivity index (χ4n) is 2.74. The molecule has 1 fully saturated rings. The molecule has 0 radical (unpaired) electrons. The summed E-state index contributed by atoms with van der Waals surface area (Å²) in [5, 5.41) is 17.0. The van der Waals surface area contributed by atoms with E-state index >= 15 is 0 Å². The van der Waals surface area contributed by atoms with E-state index in [1.807, 2.05) is 18.2 Å². The Balaban J connectivity index is 1.80. The Bertz CT molecular complexity index is 633. The van der Waals surface area contributed by atoms with Crippen LogP contribution in [0.4, 0.5) is 0 Å². The molecule has 1 aliphatic heterocycles. The van der Waals surface area contributed by atoms with Gasteiger partial charge in [0, 0.05) is 6.54 Å². The third-order valence-electron chi connectivity index (χ3n) is 3.81. The number of carbonyl (C=O) groups is 1. The van der Waals surface area contributed by atoms with Crippen LogP contribution in [0.15, 0.2) is 36.5 Å². The van der Waals surface area contributed by atoms with Gasteiger partial charge in [0.2, 0.25) is 0 Å². The van der Waals surface area contributed by atoms with Crippen LogP contribution in [0.2, 0.25) is 0 Å². The molecule has 0 bridgehead atoms. The van der Waals surface area contributed by atoms with Crippen molar-refractivity contribution in [2.45, 2.75) is 19.4 Å². The Labute approximate surface area is 128 Å². The second kappa shape index (κ2) is 6.62. The first-order valence-electron chi connectivity index (χ1n) is 7.47. The maximum Gasteiger partial charge on any atom is 0.358 e.